The Morgan fingerprint density at radius 1 is 1.35 bits per heavy atom. The van der Waals surface area contributed by atoms with E-state index in [4.69, 9.17) is 11.6 Å². The van der Waals surface area contributed by atoms with Gasteiger partial charge < -0.3 is 9.84 Å². The second-order valence-electron chi connectivity index (χ2n) is 3.14. The normalized spacial score (nSPS) is 11.4. The second-order valence-corrected chi connectivity index (χ2v) is 5.44. The number of nitrogens with zero attached hydrogens (tertiary/aromatic N) is 3. The number of rotatable bonds is 3. The highest BCUT2D eigenvalue weighted by Gasteiger charge is 2.14. The molecule has 2 heterocycles. The van der Waals surface area contributed by atoms with Crippen LogP contribution in [-0.2, 0) is 9.84 Å². The van der Waals surface area contributed by atoms with Gasteiger partial charge in [-0.25, -0.2) is 18.4 Å². The smallest absolute Gasteiger partial charge is 0.250 e. The van der Waals surface area contributed by atoms with Crippen LogP contribution < -0.4 is 5.32 Å². The Morgan fingerprint density at radius 3 is 2.71 bits per heavy atom. The number of halogens is 1. The molecule has 0 aliphatic carbocycles. The number of sulfone groups is 1. The Balaban J connectivity index is 2.39. The number of hydrogen-bond donors (Lipinski definition) is 1. The molecule has 2 aromatic rings. The van der Waals surface area contributed by atoms with Gasteiger partial charge in [-0.05, 0) is 0 Å². The Hall–Kier alpha value is -1.67. The van der Waals surface area contributed by atoms with E-state index in [9.17, 15) is 8.42 Å². The molecule has 0 aliphatic rings. The minimum atomic E-state index is -3.52. The van der Waals surface area contributed by atoms with Gasteiger partial charge in [0.25, 0.3) is 0 Å². The molecule has 0 unspecified atom stereocenters. The summed E-state index contributed by atoms with van der Waals surface area (Å²) in [6.45, 7) is 0. The number of hydrogen-bond acceptors (Lipinski definition) is 7. The summed E-state index contributed by atoms with van der Waals surface area (Å²) in [7, 11) is -3.52. The van der Waals surface area contributed by atoms with Gasteiger partial charge in [-0.15, -0.1) is 0 Å². The van der Waals surface area contributed by atoms with Crippen LogP contribution in [0.3, 0.4) is 0 Å². The lowest BCUT2D eigenvalue weighted by molar-refractivity contribution is 0.423. The fourth-order valence-corrected chi connectivity index (χ4v) is 1.80. The van der Waals surface area contributed by atoms with E-state index in [0.29, 0.717) is 5.82 Å². The molecule has 17 heavy (non-hydrogen) atoms. The third-order valence-corrected chi connectivity index (χ3v) is 2.74. The largest absolute Gasteiger partial charge is 0.363 e. The predicted molar refractivity (Wildman–Crippen MR) is 59.9 cm³/mol. The molecule has 0 aromatic carbocycles. The van der Waals surface area contributed by atoms with E-state index in [1.165, 1.54) is 12.3 Å². The number of nitrogens with one attached hydrogen (secondary N) is 1. The fourth-order valence-electron chi connectivity index (χ4n) is 1.03. The first-order valence-electron chi connectivity index (χ1n) is 4.37. The van der Waals surface area contributed by atoms with E-state index < -0.39 is 9.84 Å². The molecular weight excluding hydrogens is 268 g/mol. The van der Waals surface area contributed by atoms with Gasteiger partial charge >= 0.3 is 0 Å². The van der Waals surface area contributed by atoms with E-state index in [1.807, 2.05) is 0 Å². The first kappa shape index (κ1) is 11.8. The zero-order valence-electron chi connectivity index (χ0n) is 8.58. The maximum absolute atomic E-state index is 11.3. The van der Waals surface area contributed by atoms with Gasteiger partial charge in [0.1, 0.15) is 17.2 Å². The highest BCUT2D eigenvalue weighted by molar-refractivity contribution is 7.90. The molecule has 2 aromatic heterocycles. The lowest BCUT2D eigenvalue weighted by Crippen LogP contribution is -2.06. The fraction of sp³-hybridized carbons (Fsp3) is 0.125. The third-order valence-electron chi connectivity index (χ3n) is 1.70. The van der Waals surface area contributed by atoms with Gasteiger partial charge in [-0.3, -0.25) is 0 Å². The minimum absolute atomic E-state index is 0.0198. The van der Waals surface area contributed by atoms with Crippen LogP contribution in [0.25, 0.3) is 0 Å². The highest BCUT2D eigenvalue weighted by Crippen LogP contribution is 2.17. The molecule has 9 heteroatoms. The van der Waals surface area contributed by atoms with Gasteiger partial charge in [0.2, 0.25) is 15.0 Å². The summed E-state index contributed by atoms with van der Waals surface area (Å²) >= 11 is 5.70. The maximum atomic E-state index is 11.3. The number of aromatic nitrogens is 3. The van der Waals surface area contributed by atoms with Gasteiger partial charge in [-0.2, -0.15) is 0 Å². The molecule has 0 fully saturated rings. The summed E-state index contributed by atoms with van der Waals surface area (Å²) in [6.07, 6.45) is 2.36. The Kier molecular flexibility index (Phi) is 2.99. The molecule has 1 N–H and O–H groups in total. The zero-order valence-corrected chi connectivity index (χ0v) is 10.2. The molecule has 0 amide bonds. The molecule has 0 spiro atoms. The Bertz CT molecular complexity index is 626. The van der Waals surface area contributed by atoms with E-state index in [1.54, 1.807) is 6.07 Å². The maximum Gasteiger partial charge on any atom is 0.250 e. The van der Waals surface area contributed by atoms with Gasteiger partial charge in [-0.1, -0.05) is 16.8 Å². The Labute approximate surface area is 102 Å². The first-order chi connectivity index (χ1) is 7.95. The van der Waals surface area contributed by atoms with Crippen molar-refractivity contribution in [2.24, 2.45) is 0 Å². The van der Waals surface area contributed by atoms with Gasteiger partial charge in [0, 0.05) is 18.4 Å². The molecule has 0 bridgehead atoms. The standard InChI is InChI=1S/C8H7ClN4O3S/c1-17(14,15)8-10-5(9)4-7(12-8)11-6-2-3-16-13-6/h2-4H,1H3,(H,10,11,12,13). The topological polar surface area (TPSA) is 98.0 Å². The van der Waals surface area contributed by atoms with Crippen molar-refractivity contribution in [3.05, 3.63) is 23.5 Å². The van der Waals surface area contributed by atoms with Crippen LogP contribution in [0.2, 0.25) is 5.15 Å². The lowest BCUT2D eigenvalue weighted by atomic mass is 10.5. The van der Waals surface area contributed by atoms with Crippen LogP contribution >= 0.6 is 11.6 Å². The van der Waals surface area contributed by atoms with Crippen molar-refractivity contribution in [1.82, 2.24) is 15.1 Å². The molecule has 90 valence electrons. The quantitative estimate of drug-likeness (QED) is 0.664. The summed E-state index contributed by atoms with van der Waals surface area (Å²) in [5.74, 6) is 0.610. The van der Waals surface area contributed by atoms with Gasteiger partial charge in [0.15, 0.2) is 5.82 Å². The van der Waals surface area contributed by atoms with Crippen LogP contribution in [0.4, 0.5) is 11.6 Å². The molecule has 0 aliphatic heterocycles. The monoisotopic (exact) mass is 274 g/mol. The summed E-state index contributed by atoms with van der Waals surface area (Å²) in [5.41, 5.74) is 0. The van der Waals surface area contributed by atoms with Crippen molar-refractivity contribution in [2.45, 2.75) is 5.16 Å². The van der Waals surface area contributed by atoms with Crippen LogP contribution in [-0.4, -0.2) is 29.8 Å². The van der Waals surface area contributed by atoms with Crippen molar-refractivity contribution in [2.75, 3.05) is 11.6 Å². The average Bonchev–Trinajstić information content (AvgIpc) is 2.68. The molecule has 0 saturated heterocycles. The molecule has 2 rings (SSSR count). The SMILES string of the molecule is CS(=O)(=O)c1nc(Cl)cc(Nc2ccon2)n1. The van der Waals surface area contributed by atoms with E-state index in [0.717, 1.165) is 6.26 Å². The summed E-state index contributed by atoms with van der Waals surface area (Å²) in [5, 5.41) is 6.00. The second kappa shape index (κ2) is 4.30. The Morgan fingerprint density at radius 2 is 2.12 bits per heavy atom. The van der Waals surface area contributed by atoms with E-state index in [2.05, 4.69) is 25.0 Å². The first-order valence-corrected chi connectivity index (χ1v) is 6.64. The van der Waals surface area contributed by atoms with Crippen molar-refractivity contribution in [3.63, 3.8) is 0 Å². The molecule has 7 nitrogen and oxygen atoms in total. The van der Waals surface area contributed by atoms with Gasteiger partial charge in [0.05, 0.1) is 0 Å². The number of anilines is 2. The summed E-state index contributed by atoms with van der Waals surface area (Å²) in [4.78, 5) is 7.42. The van der Waals surface area contributed by atoms with Crippen LogP contribution in [0, 0.1) is 0 Å². The van der Waals surface area contributed by atoms with Crippen molar-refractivity contribution >= 4 is 33.1 Å². The van der Waals surface area contributed by atoms with Crippen molar-refractivity contribution in [1.29, 1.82) is 0 Å². The molecule has 0 atom stereocenters. The minimum Gasteiger partial charge on any atom is -0.363 e. The zero-order chi connectivity index (χ0) is 12.5. The molecule has 0 saturated carbocycles. The van der Waals surface area contributed by atoms with E-state index in [-0.39, 0.29) is 16.1 Å². The lowest BCUT2D eigenvalue weighted by Gasteiger charge is -2.03. The van der Waals surface area contributed by atoms with Crippen LogP contribution in [0.1, 0.15) is 0 Å². The molecular formula is C8H7ClN4O3S. The summed E-state index contributed by atoms with van der Waals surface area (Å²) < 4.78 is 27.2. The highest BCUT2D eigenvalue weighted by atomic mass is 35.5. The van der Waals surface area contributed by atoms with E-state index >= 15 is 0 Å². The third kappa shape index (κ3) is 2.92. The van der Waals surface area contributed by atoms with Crippen molar-refractivity contribution in [3.8, 4) is 0 Å². The average molecular weight is 275 g/mol. The summed E-state index contributed by atoms with van der Waals surface area (Å²) in [6, 6.07) is 2.93. The van der Waals surface area contributed by atoms with Crippen LogP contribution in [0.5, 0.6) is 0 Å². The van der Waals surface area contributed by atoms with Crippen LogP contribution in [0.15, 0.2) is 28.1 Å². The predicted octanol–water partition coefficient (Wildman–Crippen LogP) is 1.27. The van der Waals surface area contributed by atoms with Crippen molar-refractivity contribution < 1.29 is 12.9 Å². The molecule has 0 radical (unpaired) electrons.